The van der Waals surface area contributed by atoms with Crippen molar-refractivity contribution in [1.82, 2.24) is 9.88 Å². The van der Waals surface area contributed by atoms with Crippen molar-refractivity contribution in [2.75, 3.05) is 0 Å². The molecule has 1 heterocycles. The van der Waals surface area contributed by atoms with Crippen LogP contribution in [0.15, 0.2) is 29.1 Å². The minimum absolute atomic E-state index is 0.340. The minimum Gasteiger partial charge on any atom is -0.506 e. The highest BCUT2D eigenvalue weighted by molar-refractivity contribution is 6.03. The third-order valence-electron chi connectivity index (χ3n) is 3.22. The molecule has 2 aromatic rings. The van der Waals surface area contributed by atoms with Gasteiger partial charge in [0.05, 0.1) is 5.52 Å². The maximum absolute atomic E-state index is 12.2. The predicted molar refractivity (Wildman–Crippen MR) is 75.4 cm³/mol. The molecule has 1 atom stereocenters. The van der Waals surface area contributed by atoms with Crippen molar-refractivity contribution in [3.05, 3.63) is 40.2 Å². The topological polar surface area (TPSA) is 109 Å². The molecule has 7 nitrogen and oxygen atoms in total. The number of nitrogens with one attached hydrogen (secondary N) is 1. The van der Waals surface area contributed by atoms with Crippen molar-refractivity contribution in [1.29, 1.82) is 0 Å². The van der Waals surface area contributed by atoms with Crippen molar-refractivity contribution in [2.24, 2.45) is 7.05 Å². The summed E-state index contributed by atoms with van der Waals surface area (Å²) in [5.41, 5.74) is -0.687. The van der Waals surface area contributed by atoms with Crippen LogP contribution in [0.25, 0.3) is 10.9 Å². The standard InChI is InChI=1S/C14H14N2O5/c1-7(14(20)21)15-12(18)10-11(17)8-5-3-4-6-9(8)16(2)13(10)19/h3-7,17H,1-2H3,(H,15,18)(H,20,21)/t7-/m0/s1. The zero-order valence-electron chi connectivity index (χ0n) is 11.5. The first kappa shape index (κ1) is 14.6. The molecule has 0 unspecified atom stereocenters. The second kappa shape index (κ2) is 5.28. The molecular formula is C14H14N2O5. The molecule has 0 aliphatic carbocycles. The quantitative estimate of drug-likeness (QED) is 0.760. The third kappa shape index (κ3) is 2.45. The Balaban J connectivity index is 2.62. The lowest BCUT2D eigenvalue weighted by Gasteiger charge is -2.13. The number of carboxylic acids is 1. The van der Waals surface area contributed by atoms with Gasteiger partial charge >= 0.3 is 5.97 Å². The van der Waals surface area contributed by atoms with Crippen molar-refractivity contribution in [2.45, 2.75) is 13.0 Å². The summed E-state index contributed by atoms with van der Waals surface area (Å²) < 4.78 is 1.23. The van der Waals surface area contributed by atoms with Gasteiger partial charge in [0.1, 0.15) is 17.4 Å². The lowest BCUT2D eigenvalue weighted by atomic mass is 10.1. The summed E-state index contributed by atoms with van der Waals surface area (Å²) in [7, 11) is 1.47. The lowest BCUT2D eigenvalue weighted by Crippen LogP contribution is -2.41. The normalized spacial score (nSPS) is 12.1. The number of carbonyl (C=O) groups is 2. The Labute approximate surface area is 119 Å². The molecule has 110 valence electrons. The van der Waals surface area contributed by atoms with Gasteiger partial charge in [-0.15, -0.1) is 0 Å². The number of carboxylic acid groups (broad SMARTS) is 1. The Morgan fingerprint density at radius 2 is 1.90 bits per heavy atom. The molecule has 0 aliphatic rings. The molecule has 0 spiro atoms. The number of hydrogen-bond acceptors (Lipinski definition) is 4. The van der Waals surface area contributed by atoms with Crippen molar-refractivity contribution < 1.29 is 19.8 Å². The maximum atomic E-state index is 12.2. The van der Waals surface area contributed by atoms with Gasteiger partial charge in [-0.25, -0.2) is 0 Å². The Morgan fingerprint density at radius 1 is 1.29 bits per heavy atom. The summed E-state index contributed by atoms with van der Waals surface area (Å²) in [6.07, 6.45) is 0. The van der Waals surface area contributed by atoms with E-state index in [1.165, 1.54) is 18.5 Å². The van der Waals surface area contributed by atoms with Gasteiger partial charge in [-0.05, 0) is 19.1 Å². The van der Waals surface area contributed by atoms with E-state index < -0.39 is 34.8 Å². The molecule has 1 aromatic heterocycles. The van der Waals surface area contributed by atoms with Crippen LogP contribution in [0.4, 0.5) is 0 Å². The molecule has 0 bridgehead atoms. The average molecular weight is 290 g/mol. The van der Waals surface area contributed by atoms with Gasteiger partial charge < -0.3 is 20.1 Å². The summed E-state index contributed by atoms with van der Waals surface area (Å²) in [6.45, 7) is 1.27. The molecular weight excluding hydrogens is 276 g/mol. The van der Waals surface area contributed by atoms with Crippen molar-refractivity contribution in [3.63, 3.8) is 0 Å². The molecule has 0 fully saturated rings. The van der Waals surface area contributed by atoms with Crippen LogP contribution in [0.2, 0.25) is 0 Å². The average Bonchev–Trinajstić information content (AvgIpc) is 2.45. The lowest BCUT2D eigenvalue weighted by molar-refractivity contribution is -0.138. The van der Waals surface area contributed by atoms with Crippen molar-refractivity contribution >= 4 is 22.8 Å². The molecule has 21 heavy (non-hydrogen) atoms. The fraction of sp³-hybridized carbons (Fsp3) is 0.214. The first-order chi connectivity index (χ1) is 9.84. The van der Waals surface area contributed by atoms with Crippen LogP contribution < -0.4 is 10.9 Å². The molecule has 1 aromatic carbocycles. The van der Waals surface area contributed by atoms with E-state index in [1.54, 1.807) is 24.3 Å². The maximum Gasteiger partial charge on any atom is 0.325 e. The number of nitrogens with zero attached hydrogens (tertiary/aromatic N) is 1. The monoisotopic (exact) mass is 290 g/mol. The van der Waals surface area contributed by atoms with E-state index in [1.807, 2.05) is 0 Å². The van der Waals surface area contributed by atoms with Crippen LogP contribution in [0.1, 0.15) is 17.3 Å². The van der Waals surface area contributed by atoms with Gasteiger partial charge in [-0.3, -0.25) is 14.4 Å². The largest absolute Gasteiger partial charge is 0.506 e. The molecule has 7 heteroatoms. The molecule has 0 saturated carbocycles. The Hall–Kier alpha value is -2.83. The van der Waals surface area contributed by atoms with E-state index in [0.717, 1.165) is 0 Å². The summed E-state index contributed by atoms with van der Waals surface area (Å²) >= 11 is 0. The van der Waals surface area contributed by atoms with Gasteiger partial charge in [0, 0.05) is 12.4 Å². The number of aromatic hydroxyl groups is 1. The predicted octanol–water partition coefficient (Wildman–Crippen LogP) is 0.447. The Bertz CT molecular complexity index is 794. The van der Waals surface area contributed by atoms with Gasteiger partial charge in [-0.1, -0.05) is 12.1 Å². The summed E-state index contributed by atoms with van der Waals surface area (Å²) in [5.74, 6) is -2.61. The molecule has 1 amide bonds. The van der Waals surface area contributed by atoms with Crippen LogP contribution in [0, 0.1) is 0 Å². The highest BCUT2D eigenvalue weighted by atomic mass is 16.4. The second-order valence-electron chi connectivity index (χ2n) is 4.64. The number of aliphatic carboxylic acids is 1. The number of aromatic nitrogens is 1. The number of aryl methyl sites for hydroxylation is 1. The van der Waals surface area contributed by atoms with Crippen LogP contribution >= 0.6 is 0 Å². The number of fused-ring (bicyclic) bond motifs is 1. The smallest absolute Gasteiger partial charge is 0.325 e. The number of amides is 1. The first-order valence-corrected chi connectivity index (χ1v) is 6.19. The summed E-state index contributed by atoms with van der Waals surface area (Å²) in [4.78, 5) is 35.0. The van der Waals surface area contributed by atoms with Gasteiger partial charge in [0.15, 0.2) is 0 Å². The van der Waals surface area contributed by atoms with E-state index in [9.17, 15) is 19.5 Å². The third-order valence-corrected chi connectivity index (χ3v) is 3.22. The van der Waals surface area contributed by atoms with Crippen LogP contribution in [0.5, 0.6) is 5.75 Å². The van der Waals surface area contributed by atoms with Crippen LogP contribution in [-0.2, 0) is 11.8 Å². The highest BCUT2D eigenvalue weighted by Gasteiger charge is 2.23. The van der Waals surface area contributed by atoms with E-state index >= 15 is 0 Å². The van der Waals surface area contributed by atoms with Crippen molar-refractivity contribution in [3.8, 4) is 5.75 Å². The van der Waals surface area contributed by atoms with E-state index in [-0.39, 0.29) is 0 Å². The summed E-state index contributed by atoms with van der Waals surface area (Å²) in [5, 5.41) is 21.4. The molecule has 0 saturated heterocycles. The number of hydrogen-bond donors (Lipinski definition) is 3. The van der Waals surface area contributed by atoms with Gasteiger partial charge in [-0.2, -0.15) is 0 Å². The van der Waals surface area contributed by atoms with Gasteiger partial charge in [0.2, 0.25) is 0 Å². The Kier molecular flexibility index (Phi) is 3.66. The van der Waals surface area contributed by atoms with E-state index in [0.29, 0.717) is 10.9 Å². The van der Waals surface area contributed by atoms with Gasteiger partial charge in [0.25, 0.3) is 11.5 Å². The van der Waals surface area contributed by atoms with E-state index in [2.05, 4.69) is 5.32 Å². The molecule has 0 radical (unpaired) electrons. The fourth-order valence-electron chi connectivity index (χ4n) is 2.01. The Morgan fingerprint density at radius 3 is 2.52 bits per heavy atom. The second-order valence-corrected chi connectivity index (χ2v) is 4.64. The zero-order valence-corrected chi connectivity index (χ0v) is 11.5. The number of carbonyl (C=O) groups excluding carboxylic acids is 1. The molecule has 0 aliphatic heterocycles. The fourth-order valence-corrected chi connectivity index (χ4v) is 2.01. The number of rotatable bonds is 3. The number of pyridine rings is 1. The van der Waals surface area contributed by atoms with Crippen LogP contribution in [0.3, 0.4) is 0 Å². The number of benzene rings is 1. The minimum atomic E-state index is -1.24. The number of para-hydroxylation sites is 1. The van der Waals surface area contributed by atoms with Crippen LogP contribution in [-0.4, -0.2) is 32.7 Å². The SMILES string of the molecule is C[C@H](NC(=O)c1c(O)c2ccccc2n(C)c1=O)C(=O)O. The zero-order chi connectivity index (χ0) is 15.7. The van der Waals surface area contributed by atoms with E-state index in [4.69, 9.17) is 5.11 Å². The highest BCUT2D eigenvalue weighted by Crippen LogP contribution is 2.25. The molecule has 2 rings (SSSR count). The summed E-state index contributed by atoms with van der Waals surface area (Å²) in [6, 6.07) is 5.40. The molecule has 3 N–H and O–H groups in total. The first-order valence-electron chi connectivity index (χ1n) is 6.19.